The van der Waals surface area contributed by atoms with E-state index in [0.717, 1.165) is 6.42 Å². The average molecular weight is 283 g/mol. The molecule has 0 aromatic carbocycles. The molecule has 19 heavy (non-hydrogen) atoms. The summed E-state index contributed by atoms with van der Waals surface area (Å²) in [6, 6.07) is -1.36. The summed E-state index contributed by atoms with van der Waals surface area (Å²) in [6.07, 6.45) is -5.08. The molecular formula is C11H16F3NO4. The first-order chi connectivity index (χ1) is 8.77. The fraction of sp³-hybridized carbons (Fsp3) is 0.818. The van der Waals surface area contributed by atoms with Gasteiger partial charge in [-0.25, -0.2) is 4.79 Å². The number of ether oxygens (including phenoxy) is 1. The second-order valence-electron chi connectivity index (χ2n) is 4.38. The zero-order valence-corrected chi connectivity index (χ0v) is 10.4. The van der Waals surface area contributed by atoms with Crippen LogP contribution in [0.4, 0.5) is 13.2 Å². The fourth-order valence-corrected chi connectivity index (χ4v) is 1.84. The van der Waals surface area contributed by atoms with Crippen LogP contribution in [0.1, 0.15) is 26.2 Å². The first-order valence-corrected chi connectivity index (χ1v) is 5.99. The van der Waals surface area contributed by atoms with Crippen molar-refractivity contribution in [1.82, 2.24) is 4.90 Å². The topological polar surface area (TPSA) is 66.8 Å². The highest BCUT2D eigenvalue weighted by atomic mass is 19.4. The number of carbonyl (C=O) groups excluding carboxylic acids is 2. The van der Waals surface area contributed by atoms with E-state index in [-0.39, 0.29) is 13.0 Å². The number of nitrogens with zero attached hydrogens (tertiary/aromatic N) is 1. The molecule has 0 aromatic heterocycles. The van der Waals surface area contributed by atoms with E-state index >= 15 is 0 Å². The molecule has 8 heteroatoms. The van der Waals surface area contributed by atoms with E-state index in [9.17, 15) is 27.9 Å². The van der Waals surface area contributed by atoms with E-state index < -0.39 is 36.7 Å². The maximum Gasteiger partial charge on any atom is 0.471 e. The Morgan fingerprint density at radius 2 is 2.05 bits per heavy atom. The molecule has 0 aliphatic carbocycles. The van der Waals surface area contributed by atoms with E-state index in [0.29, 0.717) is 11.3 Å². The summed E-state index contributed by atoms with van der Waals surface area (Å²) < 4.78 is 41.8. The molecule has 1 fully saturated rings. The van der Waals surface area contributed by atoms with Crippen LogP contribution in [-0.2, 0) is 14.3 Å². The summed E-state index contributed by atoms with van der Waals surface area (Å²) in [5.41, 5.74) is 0. The van der Waals surface area contributed by atoms with Crippen molar-refractivity contribution in [2.75, 3.05) is 13.2 Å². The summed E-state index contributed by atoms with van der Waals surface area (Å²) in [5, 5.41) is 9.34. The van der Waals surface area contributed by atoms with Crippen molar-refractivity contribution in [3.63, 3.8) is 0 Å². The Kier molecular flexibility index (Phi) is 5.16. The van der Waals surface area contributed by atoms with Gasteiger partial charge >= 0.3 is 18.1 Å². The molecule has 0 aromatic rings. The Balaban J connectivity index is 2.69. The number of hydrogen-bond donors (Lipinski definition) is 1. The number of amides is 1. The minimum atomic E-state index is -5.06. The predicted octanol–water partition coefficient (Wildman–Crippen LogP) is 0.854. The zero-order chi connectivity index (χ0) is 14.6. The van der Waals surface area contributed by atoms with Crippen molar-refractivity contribution in [1.29, 1.82) is 0 Å². The third kappa shape index (κ3) is 4.09. The van der Waals surface area contributed by atoms with Gasteiger partial charge in [0.2, 0.25) is 0 Å². The third-order valence-corrected chi connectivity index (χ3v) is 2.80. The zero-order valence-electron chi connectivity index (χ0n) is 10.4. The Morgan fingerprint density at radius 3 is 2.58 bits per heavy atom. The van der Waals surface area contributed by atoms with Crippen molar-refractivity contribution in [3.8, 4) is 0 Å². The smallest absolute Gasteiger partial charge is 0.464 e. The number of unbranched alkanes of at least 4 members (excludes halogenated alkanes) is 1. The maximum absolute atomic E-state index is 12.3. The molecule has 0 radical (unpaired) electrons. The van der Waals surface area contributed by atoms with E-state index in [4.69, 9.17) is 4.74 Å². The number of halogens is 3. The Hall–Kier alpha value is -1.31. The molecule has 1 aliphatic heterocycles. The normalized spacial score (nSPS) is 23.5. The lowest BCUT2D eigenvalue weighted by Crippen LogP contribution is -2.47. The van der Waals surface area contributed by atoms with Crippen molar-refractivity contribution < 1.29 is 32.6 Å². The van der Waals surface area contributed by atoms with E-state index in [1.54, 1.807) is 0 Å². The van der Waals surface area contributed by atoms with Crippen LogP contribution in [0.25, 0.3) is 0 Å². The Labute approximate surface area is 108 Å². The Bertz CT molecular complexity index is 345. The number of aliphatic hydroxyl groups is 1. The second-order valence-corrected chi connectivity index (χ2v) is 4.38. The molecule has 1 aliphatic rings. The van der Waals surface area contributed by atoms with Crippen LogP contribution in [0.2, 0.25) is 0 Å². The van der Waals surface area contributed by atoms with Crippen LogP contribution in [-0.4, -0.2) is 53.4 Å². The van der Waals surface area contributed by atoms with Crippen LogP contribution in [0.3, 0.4) is 0 Å². The van der Waals surface area contributed by atoms with Crippen molar-refractivity contribution in [3.05, 3.63) is 0 Å². The van der Waals surface area contributed by atoms with Gasteiger partial charge in [-0.2, -0.15) is 13.2 Å². The summed E-state index contributed by atoms with van der Waals surface area (Å²) in [7, 11) is 0. The lowest BCUT2D eigenvalue weighted by molar-refractivity contribution is -0.188. The van der Waals surface area contributed by atoms with Gasteiger partial charge in [0.05, 0.1) is 12.7 Å². The first kappa shape index (κ1) is 15.7. The van der Waals surface area contributed by atoms with Gasteiger partial charge in [0.1, 0.15) is 6.04 Å². The van der Waals surface area contributed by atoms with Crippen LogP contribution in [0.15, 0.2) is 0 Å². The third-order valence-electron chi connectivity index (χ3n) is 2.80. The summed E-state index contributed by atoms with van der Waals surface area (Å²) in [4.78, 5) is 23.1. The lowest BCUT2D eigenvalue weighted by atomic mass is 10.2. The number of alkyl halides is 3. The molecule has 1 rings (SSSR count). The van der Waals surface area contributed by atoms with Crippen molar-refractivity contribution in [2.45, 2.75) is 44.5 Å². The second kappa shape index (κ2) is 6.23. The molecule has 1 amide bonds. The predicted molar refractivity (Wildman–Crippen MR) is 58.0 cm³/mol. The monoisotopic (exact) mass is 283 g/mol. The van der Waals surface area contributed by atoms with Gasteiger partial charge in [0.25, 0.3) is 0 Å². The molecule has 1 N–H and O–H groups in total. The number of rotatable bonds is 4. The number of carbonyl (C=O) groups is 2. The lowest BCUT2D eigenvalue weighted by Gasteiger charge is -2.23. The van der Waals surface area contributed by atoms with Gasteiger partial charge in [0.15, 0.2) is 0 Å². The van der Waals surface area contributed by atoms with Crippen LogP contribution < -0.4 is 0 Å². The van der Waals surface area contributed by atoms with Gasteiger partial charge in [-0.1, -0.05) is 13.3 Å². The quantitative estimate of drug-likeness (QED) is 0.613. The molecule has 2 unspecified atom stereocenters. The van der Waals surface area contributed by atoms with Gasteiger partial charge in [0, 0.05) is 13.0 Å². The van der Waals surface area contributed by atoms with Crippen LogP contribution in [0, 0.1) is 0 Å². The standard InChI is InChI=1S/C11H16F3NO4/c1-2-3-4-19-9(17)8-5-7(16)6-15(8)10(18)11(12,13)14/h7-8,16H,2-6H2,1H3. The molecule has 1 heterocycles. The largest absolute Gasteiger partial charge is 0.471 e. The minimum absolute atomic E-state index is 0.0932. The molecule has 0 bridgehead atoms. The Morgan fingerprint density at radius 1 is 1.42 bits per heavy atom. The first-order valence-electron chi connectivity index (χ1n) is 5.99. The molecule has 0 spiro atoms. The molecule has 110 valence electrons. The molecule has 5 nitrogen and oxygen atoms in total. The van der Waals surface area contributed by atoms with Crippen molar-refractivity contribution in [2.24, 2.45) is 0 Å². The van der Waals surface area contributed by atoms with Crippen LogP contribution >= 0.6 is 0 Å². The van der Waals surface area contributed by atoms with E-state index in [2.05, 4.69) is 0 Å². The van der Waals surface area contributed by atoms with Gasteiger partial charge in [-0.05, 0) is 6.42 Å². The van der Waals surface area contributed by atoms with E-state index in [1.165, 1.54) is 0 Å². The van der Waals surface area contributed by atoms with Gasteiger partial charge in [-0.15, -0.1) is 0 Å². The summed E-state index contributed by atoms with van der Waals surface area (Å²) in [6.45, 7) is 1.45. The van der Waals surface area contributed by atoms with Gasteiger partial charge in [-0.3, -0.25) is 4.79 Å². The minimum Gasteiger partial charge on any atom is -0.464 e. The SMILES string of the molecule is CCCCOC(=O)C1CC(O)CN1C(=O)C(F)(F)F. The number of hydrogen-bond acceptors (Lipinski definition) is 4. The van der Waals surface area contributed by atoms with Gasteiger partial charge < -0.3 is 14.7 Å². The number of esters is 1. The maximum atomic E-state index is 12.3. The highest BCUT2D eigenvalue weighted by Crippen LogP contribution is 2.26. The molecular weight excluding hydrogens is 267 g/mol. The molecule has 1 saturated heterocycles. The molecule has 2 atom stereocenters. The summed E-state index contributed by atoms with van der Waals surface area (Å²) in [5.74, 6) is -3.02. The summed E-state index contributed by atoms with van der Waals surface area (Å²) >= 11 is 0. The highest BCUT2D eigenvalue weighted by Gasteiger charge is 2.50. The van der Waals surface area contributed by atoms with E-state index in [1.807, 2.05) is 6.92 Å². The number of aliphatic hydroxyl groups excluding tert-OH is 1. The highest BCUT2D eigenvalue weighted by molar-refractivity contribution is 5.88. The molecule has 0 saturated carbocycles. The van der Waals surface area contributed by atoms with Crippen molar-refractivity contribution >= 4 is 11.9 Å². The fourth-order valence-electron chi connectivity index (χ4n) is 1.84. The number of likely N-dealkylation sites (tertiary alicyclic amines) is 1. The average Bonchev–Trinajstić information content (AvgIpc) is 2.69. The van der Waals surface area contributed by atoms with Crippen LogP contribution in [0.5, 0.6) is 0 Å². The number of β-amino-alcohol motifs (C(OH)–C–C–N with tert-alkyl or cyclic N) is 1.